The fourth-order valence-corrected chi connectivity index (χ4v) is 5.62. The van der Waals surface area contributed by atoms with Gasteiger partial charge in [-0.05, 0) is 92.6 Å². The predicted molar refractivity (Wildman–Crippen MR) is 139 cm³/mol. The van der Waals surface area contributed by atoms with E-state index in [2.05, 4.69) is 17.4 Å². The summed E-state index contributed by atoms with van der Waals surface area (Å²) in [5.74, 6) is 0.342. The van der Waals surface area contributed by atoms with Gasteiger partial charge in [0.25, 0.3) is 0 Å². The molecule has 3 rings (SSSR count). The van der Waals surface area contributed by atoms with E-state index in [-0.39, 0.29) is 41.5 Å². The maximum absolute atomic E-state index is 13.4. The molecule has 1 aromatic carbocycles. The number of benzene rings is 1. The molecule has 2 aliphatic rings. The molecule has 2 amide bonds. The van der Waals surface area contributed by atoms with Crippen LogP contribution in [0.4, 0.5) is 4.79 Å². The van der Waals surface area contributed by atoms with Crippen molar-refractivity contribution in [3.05, 3.63) is 35.9 Å². The van der Waals surface area contributed by atoms with Gasteiger partial charge >= 0.3 is 6.09 Å². The van der Waals surface area contributed by atoms with Crippen molar-refractivity contribution in [3.63, 3.8) is 0 Å². The molecule has 1 aromatic rings. The molecule has 0 spiro atoms. The number of nitrogens with one attached hydrogen (secondary N) is 1. The number of carbonyl (C=O) groups excluding carboxylic acids is 2. The maximum atomic E-state index is 13.4. The van der Waals surface area contributed by atoms with Crippen LogP contribution >= 0.6 is 0 Å². The predicted octanol–water partition coefficient (Wildman–Crippen LogP) is 6.08. The fourth-order valence-electron chi connectivity index (χ4n) is 5.62. The minimum absolute atomic E-state index is 0.0253. The van der Waals surface area contributed by atoms with Crippen LogP contribution in [-0.2, 0) is 20.7 Å². The molecule has 1 saturated heterocycles. The third kappa shape index (κ3) is 7.45. The number of carbonyl (C=O) groups is 2. The topological polar surface area (TPSA) is 67.9 Å². The molecule has 196 valence electrons. The summed E-state index contributed by atoms with van der Waals surface area (Å²) in [5, 5.41) is 3.20. The lowest BCUT2D eigenvalue weighted by molar-refractivity contribution is -0.130. The Balaban J connectivity index is 1.87. The van der Waals surface area contributed by atoms with Crippen LogP contribution < -0.4 is 5.32 Å². The third-order valence-electron chi connectivity index (χ3n) is 6.94. The van der Waals surface area contributed by atoms with Crippen molar-refractivity contribution in [1.29, 1.82) is 0 Å². The van der Waals surface area contributed by atoms with Crippen molar-refractivity contribution in [2.75, 3.05) is 0 Å². The average molecular weight is 487 g/mol. The number of ether oxygens (including phenoxy) is 2. The molecular weight excluding hydrogens is 440 g/mol. The molecule has 0 aromatic heterocycles. The van der Waals surface area contributed by atoms with Crippen molar-refractivity contribution in [1.82, 2.24) is 10.2 Å². The first-order chi connectivity index (χ1) is 16.2. The Morgan fingerprint density at radius 1 is 1.06 bits per heavy atom. The Kier molecular flexibility index (Phi) is 8.25. The second kappa shape index (κ2) is 10.5. The molecule has 4 atom stereocenters. The van der Waals surface area contributed by atoms with Crippen molar-refractivity contribution < 1.29 is 19.1 Å². The molecule has 0 radical (unpaired) electrons. The van der Waals surface area contributed by atoms with E-state index in [1.807, 2.05) is 73.6 Å². The summed E-state index contributed by atoms with van der Waals surface area (Å²) in [6.07, 6.45) is 5.02. The van der Waals surface area contributed by atoms with Gasteiger partial charge in [-0.3, -0.25) is 9.69 Å². The van der Waals surface area contributed by atoms with Gasteiger partial charge in [-0.15, -0.1) is 0 Å². The van der Waals surface area contributed by atoms with Crippen LogP contribution in [0.25, 0.3) is 0 Å². The van der Waals surface area contributed by atoms with Gasteiger partial charge in [-0.25, -0.2) is 4.79 Å². The van der Waals surface area contributed by atoms with Crippen molar-refractivity contribution in [2.24, 2.45) is 11.8 Å². The summed E-state index contributed by atoms with van der Waals surface area (Å²) in [5.41, 5.74) is -0.497. The molecule has 1 aliphatic carbocycles. The van der Waals surface area contributed by atoms with E-state index >= 15 is 0 Å². The van der Waals surface area contributed by atoms with E-state index in [0.717, 1.165) is 37.7 Å². The second-order valence-corrected chi connectivity index (χ2v) is 12.8. The maximum Gasteiger partial charge on any atom is 0.412 e. The van der Waals surface area contributed by atoms with E-state index in [0.29, 0.717) is 6.42 Å². The average Bonchev–Trinajstić information content (AvgIpc) is 2.95. The minimum Gasteiger partial charge on any atom is -0.444 e. The highest BCUT2D eigenvalue weighted by Crippen LogP contribution is 2.42. The molecule has 1 heterocycles. The van der Waals surface area contributed by atoms with Crippen molar-refractivity contribution >= 4 is 12.0 Å². The van der Waals surface area contributed by atoms with E-state index in [1.165, 1.54) is 0 Å². The molecule has 0 unspecified atom stereocenters. The molecule has 1 aliphatic heterocycles. The highest BCUT2D eigenvalue weighted by atomic mass is 16.6. The quantitative estimate of drug-likeness (QED) is 0.548. The van der Waals surface area contributed by atoms with Gasteiger partial charge in [0.15, 0.2) is 0 Å². The summed E-state index contributed by atoms with van der Waals surface area (Å²) < 4.78 is 12.4. The zero-order valence-electron chi connectivity index (χ0n) is 23.0. The normalized spacial score (nSPS) is 26.9. The zero-order valence-corrected chi connectivity index (χ0v) is 23.0. The smallest absolute Gasteiger partial charge is 0.412 e. The van der Waals surface area contributed by atoms with Gasteiger partial charge in [0.05, 0.1) is 12.1 Å². The van der Waals surface area contributed by atoms with Gasteiger partial charge in [0, 0.05) is 11.5 Å². The van der Waals surface area contributed by atoms with Crippen LogP contribution in [-0.4, -0.2) is 45.9 Å². The van der Waals surface area contributed by atoms with Crippen molar-refractivity contribution in [3.8, 4) is 0 Å². The van der Waals surface area contributed by atoms with Gasteiger partial charge in [-0.1, -0.05) is 43.2 Å². The van der Waals surface area contributed by atoms with E-state index in [1.54, 1.807) is 4.90 Å². The summed E-state index contributed by atoms with van der Waals surface area (Å²) in [6.45, 7) is 15.6. The summed E-state index contributed by atoms with van der Waals surface area (Å²) in [4.78, 5) is 28.4. The largest absolute Gasteiger partial charge is 0.444 e. The van der Waals surface area contributed by atoms with Crippen LogP contribution in [0.15, 0.2) is 30.3 Å². The van der Waals surface area contributed by atoms with E-state index in [4.69, 9.17) is 9.47 Å². The molecule has 1 N–H and O–H groups in total. The lowest BCUT2D eigenvalue weighted by atomic mass is 9.74. The lowest BCUT2D eigenvalue weighted by Crippen LogP contribution is -2.51. The zero-order chi connectivity index (χ0) is 26.0. The fraction of sp³-hybridized carbons (Fsp3) is 0.724. The van der Waals surface area contributed by atoms with Crippen LogP contribution in [0.1, 0.15) is 93.1 Å². The monoisotopic (exact) mass is 486 g/mol. The number of hydrogen-bond acceptors (Lipinski definition) is 4. The number of rotatable bonds is 5. The standard InChI is InChI=1S/C29H46N2O4/c1-27(2,3)30-25(32)22-17-13-12-16-21(22)19-24-23(18-20-14-10-9-11-15-20)31(29(7,8)34-24)26(33)35-28(4,5)6/h9-11,14-15,21-24H,12-13,16-19H2,1-8H3,(H,30,32)/t21-,22-,23+,24-/m1/s1. The van der Waals surface area contributed by atoms with Gasteiger partial charge in [-0.2, -0.15) is 0 Å². The molecular formula is C29H46N2O4. The SMILES string of the molecule is CC(C)(C)NC(=O)[C@@H]1CCCC[C@@H]1C[C@H]1OC(C)(C)N(C(=O)OC(C)(C)C)[C@H]1Cc1ccccc1. The van der Waals surface area contributed by atoms with Crippen LogP contribution in [0.5, 0.6) is 0 Å². The Morgan fingerprint density at radius 2 is 1.69 bits per heavy atom. The lowest BCUT2D eigenvalue weighted by Gasteiger charge is -2.36. The highest BCUT2D eigenvalue weighted by molar-refractivity contribution is 5.79. The third-order valence-corrected chi connectivity index (χ3v) is 6.94. The Morgan fingerprint density at radius 3 is 2.29 bits per heavy atom. The first-order valence-electron chi connectivity index (χ1n) is 13.2. The van der Waals surface area contributed by atoms with Gasteiger partial charge < -0.3 is 14.8 Å². The van der Waals surface area contributed by atoms with E-state index in [9.17, 15) is 9.59 Å². The number of nitrogens with zero attached hydrogens (tertiary/aromatic N) is 1. The summed E-state index contributed by atoms with van der Waals surface area (Å²) in [6, 6.07) is 10.1. The molecule has 35 heavy (non-hydrogen) atoms. The summed E-state index contributed by atoms with van der Waals surface area (Å²) >= 11 is 0. The first kappa shape index (κ1) is 27.5. The Bertz CT molecular complexity index is 869. The Labute approximate surface area is 212 Å². The molecule has 1 saturated carbocycles. The molecule has 6 heteroatoms. The van der Waals surface area contributed by atoms with Crippen LogP contribution in [0.3, 0.4) is 0 Å². The first-order valence-corrected chi connectivity index (χ1v) is 13.2. The Hall–Kier alpha value is -2.08. The molecule has 6 nitrogen and oxygen atoms in total. The van der Waals surface area contributed by atoms with Crippen LogP contribution in [0.2, 0.25) is 0 Å². The minimum atomic E-state index is -0.801. The molecule has 0 bridgehead atoms. The highest BCUT2D eigenvalue weighted by Gasteiger charge is 2.52. The van der Waals surface area contributed by atoms with Crippen LogP contribution in [0, 0.1) is 11.8 Å². The second-order valence-electron chi connectivity index (χ2n) is 12.8. The van der Waals surface area contributed by atoms with Gasteiger partial charge in [0.2, 0.25) is 5.91 Å². The van der Waals surface area contributed by atoms with Crippen molar-refractivity contribution in [2.45, 2.75) is 123 Å². The van der Waals surface area contributed by atoms with E-state index < -0.39 is 11.3 Å². The number of hydrogen-bond donors (Lipinski definition) is 1. The summed E-state index contributed by atoms with van der Waals surface area (Å²) in [7, 11) is 0. The van der Waals surface area contributed by atoms with Gasteiger partial charge in [0.1, 0.15) is 11.3 Å². The molecule has 2 fully saturated rings. The number of amides is 2.